The molecule has 2 nitrogen and oxygen atoms in total. The summed E-state index contributed by atoms with van der Waals surface area (Å²) >= 11 is 0. The van der Waals surface area contributed by atoms with E-state index in [4.69, 9.17) is 4.98 Å². The predicted octanol–water partition coefficient (Wildman–Crippen LogP) is 6.81. The number of benzene rings is 2. The van der Waals surface area contributed by atoms with Crippen molar-refractivity contribution in [1.29, 1.82) is 0 Å². The SMILES string of the molecule is c1ccc(Nc2c3c(nc4ccccc24)CCCCCCCCC3)cc1. The molecule has 0 saturated heterocycles. The van der Waals surface area contributed by atoms with Gasteiger partial charge in [-0.3, -0.25) is 4.98 Å². The van der Waals surface area contributed by atoms with E-state index in [9.17, 15) is 0 Å². The summed E-state index contributed by atoms with van der Waals surface area (Å²) in [5.74, 6) is 0. The Morgan fingerprint density at radius 2 is 1.31 bits per heavy atom. The van der Waals surface area contributed by atoms with Gasteiger partial charge in [0.05, 0.1) is 11.2 Å². The van der Waals surface area contributed by atoms with Crippen LogP contribution < -0.4 is 5.32 Å². The molecule has 0 unspecified atom stereocenters. The van der Waals surface area contributed by atoms with Gasteiger partial charge in [0.15, 0.2) is 0 Å². The van der Waals surface area contributed by atoms with Crippen LogP contribution in [0, 0.1) is 0 Å². The molecule has 0 bridgehead atoms. The summed E-state index contributed by atoms with van der Waals surface area (Å²) in [6.45, 7) is 0. The molecule has 0 radical (unpaired) electrons. The minimum atomic E-state index is 1.10. The predicted molar refractivity (Wildman–Crippen MR) is 111 cm³/mol. The number of nitrogens with one attached hydrogen (secondary N) is 1. The molecule has 0 fully saturated rings. The van der Waals surface area contributed by atoms with Gasteiger partial charge in [-0.15, -0.1) is 0 Å². The molecule has 2 heteroatoms. The number of nitrogens with zero attached hydrogens (tertiary/aromatic N) is 1. The lowest BCUT2D eigenvalue weighted by atomic mass is 9.97. The summed E-state index contributed by atoms with van der Waals surface area (Å²) in [5.41, 5.74) is 6.29. The van der Waals surface area contributed by atoms with Gasteiger partial charge in [0.1, 0.15) is 0 Å². The number of para-hydroxylation sites is 2. The van der Waals surface area contributed by atoms with E-state index in [1.807, 2.05) is 0 Å². The number of pyridine rings is 1. The molecule has 4 rings (SSSR count). The summed E-state index contributed by atoms with van der Waals surface area (Å²) < 4.78 is 0. The number of hydrogen-bond donors (Lipinski definition) is 1. The highest BCUT2D eigenvalue weighted by atomic mass is 14.9. The third-order valence-corrected chi connectivity index (χ3v) is 5.46. The molecule has 1 heterocycles. The third-order valence-electron chi connectivity index (χ3n) is 5.46. The Bertz CT molecular complexity index is 855. The van der Waals surface area contributed by atoms with E-state index in [0.717, 1.165) is 24.0 Å². The van der Waals surface area contributed by atoms with Crippen LogP contribution in [0.15, 0.2) is 54.6 Å². The van der Waals surface area contributed by atoms with Crippen molar-refractivity contribution < 1.29 is 0 Å². The molecule has 0 aliphatic heterocycles. The van der Waals surface area contributed by atoms with Crippen LogP contribution in [-0.4, -0.2) is 4.98 Å². The van der Waals surface area contributed by atoms with Crippen LogP contribution in [-0.2, 0) is 12.8 Å². The van der Waals surface area contributed by atoms with Gasteiger partial charge < -0.3 is 5.32 Å². The third kappa shape index (κ3) is 3.90. The Hall–Kier alpha value is -2.35. The van der Waals surface area contributed by atoms with Gasteiger partial charge in [-0.05, 0) is 49.4 Å². The van der Waals surface area contributed by atoms with E-state index >= 15 is 0 Å². The summed E-state index contributed by atoms with van der Waals surface area (Å²) in [6, 6.07) is 19.1. The zero-order chi connectivity index (χ0) is 17.6. The maximum atomic E-state index is 5.08. The second-order valence-electron chi connectivity index (χ2n) is 7.40. The van der Waals surface area contributed by atoms with Crippen LogP contribution in [0.2, 0.25) is 0 Å². The largest absolute Gasteiger partial charge is 0.355 e. The molecule has 1 aliphatic rings. The molecule has 1 aliphatic carbocycles. The molecule has 26 heavy (non-hydrogen) atoms. The van der Waals surface area contributed by atoms with Crippen molar-refractivity contribution in [3.8, 4) is 0 Å². The monoisotopic (exact) mass is 344 g/mol. The van der Waals surface area contributed by atoms with Crippen molar-refractivity contribution in [3.63, 3.8) is 0 Å². The first-order valence-electron chi connectivity index (χ1n) is 10.1. The highest BCUT2D eigenvalue weighted by molar-refractivity contribution is 5.95. The number of aromatic nitrogens is 1. The summed E-state index contributed by atoms with van der Waals surface area (Å²) in [5, 5.41) is 4.98. The van der Waals surface area contributed by atoms with Crippen molar-refractivity contribution in [3.05, 3.63) is 65.9 Å². The fourth-order valence-electron chi connectivity index (χ4n) is 4.07. The Morgan fingerprint density at radius 3 is 2.12 bits per heavy atom. The van der Waals surface area contributed by atoms with Crippen molar-refractivity contribution >= 4 is 22.3 Å². The molecule has 0 saturated carbocycles. The van der Waals surface area contributed by atoms with Crippen LogP contribution in [0.25, 0.3) is 10.9 Å². The number of aryl methyl sites for hydroxylation is 1. The number of hydrogen-bond acceptors (Lipinski definition) is 2. The highest BCUT2D eigenvalue weighted by Crippen LogP contribution is 2.33. The van der Waals surface area contributed by atoms with E-state index in [-0.39, 0.29) is 0 Å². The Labute approximate surface area is 156 Å². The van der Waals surface area contributed by atoms with E-state index in [2.05, 4.69) is 59.9 Å². The molecule has 0 spiro atoms. The van der Waals surface area contributed by atoms with Gasteiger partial charge >= 0.3 is 0 Å². The lowest BCUT2D eigenvalue weighted by Crippen LogP contribution is -2.05. The van der Waals surface area contributed by atoms with Gasteiger partial charge in [0.25, 0.3) is 0 Å². The molecule has 3 aromatic rings. The van der Waals surface area contributed by atoms with Gasteiger partial charge in [-0.2, -0.15) is 0 Å². The normalized spacial score (nSPS) is 15.8. The van der Waals surface area contributed by atoms with E-state index in [0.29, 0.717) is 0 Å². The molecule has 0 atom stereocenters. The molecule has 1 aromatic heterocycles. The van der Waals surface area contributed by atoms with Crippen molar-refractivity contribution in [1.82, 2.24) is 4.98 Å². The average Bonchev–Trinajstić information content (AvgIpc) is 2.73. The topological polar surface area (TPSA) is 24.9 Å². The second-order valence-corrected chi connectivity index (χ2v) is 7.40. The lowest BCUT2D eigenvalue weighted by Gasteiger charge is -2.19. The Balaban J connectivity index is 1.81. The lowest BCUT2D eigenvalue weighted by molar-refractivity contribution is 0.587. The van der Waals surface area contributed by atoms with Crippen molar-refractivity contribution in [2.45, 2.75) is 57.8 Å². The quantitative estimate of drug-likeness (QED) is 0.552. The van der Waals surface area contributed by atoms with Gasteiger partial charge in [-0.25, -0.2) is 0 Å². The molecule has 134 valence electrons. The zero-order valence-electron chi connectivity index (χ0n) is 15.5. The zero-order valence-corrected chi connectivity index (χ0v) is 15.5. The number of rotatable bonds is 2. The van der Waals surface area contributed by atoms with Crippen LogP contribution >= 0.6 is 0 Å². The standard InChI is InChI=1S/C24H28N2/c1-2-4-9-15-20-22(17-10-5-3-1)26-23-18-12-11-16-21(23)24(20)25-19-13-7-6-8-14-19/h6-8,11-14,16,18H,1-5,9-10,15,17H2,(H,25,26). The smallest absolute Gasteiger partial charge is 0.0726 e. The minimum absolute atomic E-state index is 1.10. The fraction of sp³-hybridized carbons (Fsp3) is 0.375. The highest BCUT2D eigenvalue weighted by Gasteiger charge is 2.15. The molecule has 1 N–H and O–H groups in total. The first-order valence-corrected chi connectivity index (χ1v) is 10.1. The molecule has 2 aromatic carbocycles. The molecular formula is C24H28N2. The maximum Gasteiger partial charge on any atom is 0.0726 e. The second kappa shape index (κ2) is 8.35. The Kier molecular flexibility index (Phi) is 5.49. The number of anilines is 2. The van der Waals surface area contributed by atoms with Crippen molar-refractivity contribution in [2.75, 3.05) is 5.32 Å². The summed E-state index contributed by atoms with van der Waals surface area (Å²) in [6.07, 6.45) is 11.5. The fourth-order valence-corrected chi connectivity index (χ4v) is 4.07. The average molecular weight is 345 g/mol. The Morgan fingerprint density at radius 1 is 0.654 bits per heavy atom. The first kappa shape index (κ1) is 17.1. The van der Waals surface area contributed by atoms with Crippen molar-refractivity contribution in [2.24, 2.45) is 0 Å². The molecular weight excluding hydrogens is 316 g/mol. The van der Waals surface area contributed by atoms with Gasteiger partial charge in [-0.1, -0.05) is 68.5 Å². The van der Waals surface area contributed by atoms with Gasteiger partial charge in [0.2, 0.25) is 0 Å². The summed E-state index contributed by atoms with van der Waals surface area (Å²) in [7, 11) is 0. The summed E-state index contributed by atoms with van der Waals surface area (Å²) in [4.78, 5) is 5.08. The van der Waals surface area contributed by atoms with Crippen LogP contribution in [0.4, 0.5) is 11.4 Å². The van der Waals surface area contributed by atoms with E-state index < -0.39 is 0 Å². The maximum absolute atomic E-state index is 5.08. The van der Waals surface area contributed by atoms with Crippen LogP contribution in [0.3, 0.4) is 0 Å². The van der Waals surface area contributed by atoms with Crippen LogP contribution in [0.5, 0.6) is 0 Å². The minimum Gasteiger partial charge on any atom is -0.355 e. The van der Waals surface area contributed by atoms with E-state index in [1.54, 1.807) is 0 Å². The van der Waals surface area contributed by atoms with Crippen LogP contribution in [0.1, 0.15) is 56.2 Å². The van der Waals surface area contributed by atoms with E-state index in [1.165, 1.54) is 67.3 Å². The first-order chi connectivity index (χ1) is 12.9. The molecule has 0 amide bonds. The number of fused-ring (bicyclic) bond motifs is 2. The van der Waals surface area contributed by atoms with Gasteiger partial charge in [0, 0.05) is 16.8 Å².